The summed E-state index contributed by atoms with van der Waals surface area (Å²) in [5.74, 6) is 0.555. The lowest BCUT2D eigenvalue weighted by molar-refractivity contribution is -0.119. The molecule has 3 N–H and O–H groups in total. The fourth-order valence-electron chi connectivity index (χ4n) is 2.33. The molecule has 0 aliphatic carbocycles. The first-order valence-electron chi connectivity index (χ1n) is 9.50. The van der Waals surface area contributed by atoms with E-state index in [0.717, 1.165) is 17.9 Å². The summed E-state index contributed by atoms with van der Waals surface area (Å²) in [4.78, 5) is 24.1. The van der Waals surface area contributed by atoms with Gasteiger partial charge in [0, 0.05) is 16.8 Å². The molecule has 6 heteroatoms. The first-order valence-corrected chi connectivity index (χ1v) is 9.50. The normalized spacial score (nSPS) is 10.8. The predicted molar refractivity (Wildman–Crippen MR) is 112 cm³/mol. The van der Waals surface area contributed by atoms with Crippen molar-refractivity contribution in [2.45, 2.75) is 32.7 Å². The van der Waals surface area contributed by atoms with E-state index in [-0.39, 0.29) is 23.9 Å². The summed E-state index contributed by atoms with van der Waals surface area (Å²) in [6, 6.07) is 16.5. The van der Waals surface area contributed by atoms with Crippen LogP contribution in [0.3, 0.4) is 0 Å². The Balaban J connectivity index is 1.69. The molecule has 0 aliphatic rings. The summed E-state index contributed by atoms with van der Waals surface area (Å²) in [6.07, 6.45) is 0.851. The molecule has 0 unspecified atom stereocenters. The summed E-state index contributed by atoms with van der Waals surface area (Å²) in [6.45, 7) is 7.01. The first-order chi connectivity index (χ1) is 13.4. The van der Waals surface area contributed by atoms with Gasteiger partial charge in [-0.1, -0.05) is 25.1 Å². The number of amides is 2. The van der Waals surface area contributed by atoms with E-state index in [1.807, 2.05) is 51.1 Å². The van der Waals surface area contributed by atoms with Crippen LogP contribution in [0.4, 0.5) is 5.69 Å². The molecule has 0 saturated heterocycles. The fraction of sp³-hybridized carbons (Fsp3) is 0.364. The zero-order chi connectivity index (χ0) is 20.4. The van der Waals surface area contributed by atoms with Gasteiger partial charge in [0.15, 0.2) is 0 Å². The van der Waals surface area contributed by atoms with Crippen molar-refractivity contribution in [3.8, 4) is 5.75 Å². The van der Waals surface area contributed by atoms with Gasteiger partial charge in [-0.25, -0.2) is 0 Å². The highest BCUT2D eigenvalue weighted by molar-refractivity contribution is 5.95. The van der Waals surface area contributed by atoms with Crippen molar-refractivity contribution >= 4 is 17.5 Å². The van der Waals surface area contributed by atoms with Gasteiger partial charge in [0.1, 0.15) is 12.4 Å². The molecule has 2 rings (SSSR count). The molecule has 0 atom stereocenters. The first kappa shape index (κ1) is 21.3. The van der Waals surface area contributed by atoms with Gasteiger partial charge in [-0.2, -0.15) is 0 Å². The van der Waals surface area contributed by atoms with Gasteiger partial charge >= 0.3 is 0 Å². The van der Waals surface area contributed by atoms with Crippen LogP contribution in [0.25, 0.3) is 0 Å². The molecule has 0 bridgehead atoms. The van der Waals surface area contributed by atoms with E-state index < -0.39 is 0 Å². The summed E-state index contributed by atoms with van der Waals surface area (Å²) >= 11 is 0. The van der Waals surface area contributed by atoms with Crippen molar-refractivity contribution in [3.63, 3.8) is 0 Å². The van der Waals surface area contributed by atoms with Crippen molar-refractivity contribution in [2.75, 3.05) is 25.0 Å². The summed E-state index contributed by atoms with van der Waals surface area (Å²) in [5, 5.41) is 8.84. The average Bonchev–Trinajstić information content (AvgIpc) is 2.70. The molecule has 150 valence electrons. The van der Waals surface area contributed by atoms with Gasteiger partial charge in [0.2, 0.25) is 5.91 Å². The number of hydrogen-bond acceptors (Lipinski definition) is 4. The minimum Gasteiger partial charge on any atom is -0.492 e. The number of carbonyl (C=O) groups is 2. The lowest BCUT2D eigenvalue weighted by atomic mass is 10.0. The molecule has 28 heavy (non-hydrogen) atoms. The predicted octanol–water partition coefficient (Wildman–Crippen LogP) is 3.21. The summed E-state index contributed by atoms with van der Waals surface area (Å²) in [5.41, 5.74) is 1.13. The highest BCUT2D eigenvalue weighted by atomic mass is 16.5. The molecule has 0 aromatic heterocycles. The van der Waals surface area contributed by atoms with Crippen LogP contribution in [0.5, 0.6) is 5.75 Å². The maximum atomic E-state index is 12.2. The van der Waals surface area contributed by atoms with Crippen LogP contribution >= 0.6 is 0 Å². The van der Waals surface area contributed by atoms with Crippen LogP contribution in [0, 0.1) is 0 Å². The van der Waals surface area contributed by atoms with E-state index in [2.05, 4.69) is 16.0 Å². The van der Waals surface area contributed by atoms with Crippen LogP contribution in [0.1, 0.15) is 37.6 Å². The van der Waals surface area contributed by atoms with Gasteiger partial charge in [-0.3, -0.25) is 9.59 Å². The third-order valence-corrected chi connectivity index (χ3v) is 4.37. The fourth-order valence-corrected chi connectivity index (χ4v) is 2.33. The number of benzene rings is 2. The Labute approximate surface area is 166 Å². The number of carbonyl (C=O) groups excluding carboxylic acids is 2. The van der Waals surface area contributed by atoms with Crippen LogP contribution in [0.15, 0.2) is 54.6 Å². The second kappa shape index (κ2) is 10.3. The molecular formula is C22H29N3O3. The lowest BCUT2D eigenvalue weighted by Crippen LogP contribution is -2.42. The van der Waals surface area contributed by atoms with E-state index in [0.29, 0.717) is 18.7 Å². The number of ether oxygens (including phenoxy) is 1. The minimum absolute atomic E-state index is 0.102. The molecule has 0 aliphatic heterocycles. The van der Waals surface area contributed by atoms with Crippen molar-refractivity contribution in [3.05, 3.63) is 60.2 Å². The average molecular weight is 383 g/mol. The van der Waals surface area contributed by atoms with Gasteiger partial charge in [0.25, 0.3) is 5.91 Å². The number of anilines is 1. The van der Waals surface area contributed by atoms with E-state index in [1.165, 1.54) is 0 Å². The molecule has 2 aromatic rings. The van der Waals surface area contributed by atoms with Gasteiger partial charge in [-0.15, -0.1) is 0 Å². The Morgan fingerprint density at radius 2 is 1.68 bits per heavy atom. The number of rotatable bonds is 10. The van der Waals surface area contributed by atoms with E-state index >= 15 is 0 Å². The van der Waals surface area contributed by atoms with Crippen LogP contribution in [-0.4, -0.2) is 37.0 Å². The molecule has 0 fully saturated rings. The topological polar surface area (TPSA) is 79.5 Å². The van der Waals surface area contributed by atoms with Crippen LogP contribution in [0.2, 0.25) is 0 Å². The Morgan fingerprint density at radius 1 is 1.00 bits per heavy atom. The van der Waals surface area contributed by atoms with Gasteiger partial charge < -0.3 is 20.7 Å². The Morgan fingerprint density at radius 3 is 2.32 bits per heavy atom. The molecule has 0 spiro atoms. The van der Waals surface area contributed by atoms with Crippen LogP contribution in [-0.2, 0) is 4.79 Å². The third-order valence-electron chi connectivity index (χ3n) is 4.37. The molecular weight excluding hydrogens is 354 g/mol. The minimum atomic E-state index is -0.240. The van der Waals surface area contributed by atoms with Crippen molar-refractivity contribution in [1.29, 1.82) is 0 Å². The number of hydrogen-bond donors (Lipinski definition) is 3. The highest BCUT2D eigenvalue weighted by Crippen LogP contribution is 2.12. The van der Waals surface area contributed by atoms with E-state index in [9.17, 15) is 9.59 Å². The molecule has 0 saturated carbocycles. The molecule has 0 heterocycles. The zero-order valence-corrected chi connectivity index (χ0v) is 16.7. The van der Waals surface area contributed by atoms with Crippen molar-refractivity contribution in [2.24, 2.45) is 0 Å². The quantitative estimate of drug-likeness (QED) is 0.551. The maximum absolute atomic E-state index is 12.2. The summed E-state index contributed by atoms with van der Waals surface area (Å²) < 4.78 is 5.52. The van der Waals surface area contributed by atoms with Crippen molar-refractivity contribution in [1.82, 2.24) is 10.6 Å². The summed E-state index contributed by atoms with van der Waals surface area (Å²) in [7, 11) is 0. The standard InChI is InChI=1S/C22H29N3O3/c1-4-22(2,3)25-21(27)17-10-12-18(13-11-17)24-16-20(26)23-14-15-28-19-8-6-5-7-9-19/h5-13,24H,4,14-16H2,1-3H3,(H,23,26)(H,25,27). The Bertz CT molecular complexity index is 758. The molecule has 2 amide bonds. The monoisotopic (exact) mass is 383 g/mol. The number of nitrogens with one attached hydrogen (secondary N) is 3. The Hall–Kier alpha value is -3.02. The second-order valence-corrected chi connectivity index (χ2v) is 7.13. The van der Waals surface area contributed by atoms with Crippen LogP contribution < -0.4 is 20.7 Å². The lowest BCUT2D eigenvalue weighted by Gasteiger charge is -2.24. The van der Waals surface area contributed by atoms with Crippen molar-refractivity contribution < 1.29 is 14.3 Å². The largest absolute Gasteiger partial charge is 0.492 e. The van der Waals surface area contributed by atoms with E-state index in [1.54, 1.807) is 24.3 Å². The smallest absolute Gasteiger partial charge is 0.251 e. The highest BCUT2D eigenvalue weighted by Gasteiger charge is 2.18. The Kier molecular flexibility index (Phi) is 7.87. The third kappa shape index (κ3) is 7.31. The molecule has 2 aromatic carbocycles. The van der Waals surface area contributed by atoms with Gasteiger partial charge in [0.05, 0.1) is 13.1 Å². The van der Waals surface area contributed by atoms with E-state index in [4.69, 9.17) is 4.74 Å². The molecule has 6 nitrogen and oxygen atoms in total. The van der Waals surface area contributed by atoms with Gasteiger partial charge in [-0.05, 0) is 56.7 Å². The zero-order valence-electron chi connectivity index (χ0n) is 16.7. The SMILES string of the molecule is CCC(C)(C)NC(=O)c1ccc(NCC(=O)NCCOc2ccccc2)cc1. The molecule has 0 radical (unpaired) electrons. The number of para-hydroxylation sites is 1. The second-order valence-electron chi connectivity index (χ2n) is 7.13. The maximum Gasteiger partial charge on any atom is 0.251 e.